The maximum absolute atomic E-state index is 12.4. The lowest BCUT2D eigenvalue weighted by atomic mass is 10.3. The molecule has 1 N–H and O–H groups in total. The minimum Gasteiger partial charge on any atom is -0.481 e. The molecule has 0 atom stereocenters. The number of aromatic nitrogens is 2. The number of rotatable bonds is 7. The number of carboxylic acid groups (broad SMARTS) is 1. The van der Waals surface area contributed by atoms with Gasteiger partial charge in [0.15, 0.2) is 0 Å². The Bertz CT molecular complexity index is 446. The van der Waals surface area contributed by atoms with Crippen LogP contribution in [-0.2, 0) is 16.1 Å². The van der Waals surface area contributed by atoms with Crippen LogP contribution in [0.4, 0.5) is 13.2 Å². The SMILES string of the molecule is O=C(O)CCN(CCCn1ccnc1)C(=O)C(F)(F)F. The minimum atomic E-state index is -4.99. The molecule has 1 aromatic heterocycles. The van der Waals surface area contributed by atoms with E-state index in [0.29, 0.717) is 11.4 Å². The molecule has 0 aromatic carbocycles. The number of halogens is 3. The maximum atomic E-state index is 12.4. The number of imidazole rings is 1. The van der Waals surface area contributed by atoms with Crippen molar-refractivity contribution in [3.05, 3.63) is 18.7 Å². The summed E-state index contributed by atoms with van der Waals surface area (Å²) in [7, 11) is 0. The van der Waals surface area contributed by atoms with Crippen molar-refractivity contribution in [1.82, 2.24) is 14.5 Å². The monoisotopic (exact) mass is 293 g/mol. The highest BCUT2D eigenvalue weighted by molar-refractivity contribution is 5.82. The van der Waals surface area contributed by atoms with E-state index in [2.05, 4.69) is 4.98 Å². The molecule has 0 bridgehead atoms. The number of hydrogen-bond donors (Lipinski definition) is 1. The summed E-state index contributed by atoms with van der Waals surface area (Å²) in [5.74, 6) is -3.26. The van der Waals surface area contributed by atoms with E-state index in [1.165, 1.54) is 12.5 Å². The van der Waals surface area contributed by atoms with Crippen LogP contribution in [0.2, 0.25) is 0 Å². The number of alkyl halides is 3. The lowest BCUT2D eigenvalue weighted by Gasteiger charge is -2.23. The summed E-state index contributed by atoms with van der Waals surface area (Å²) >= 11 is 0. The van der Waals surface area contributed by atoms with Gasteiger partial charge < -0.3 is 14.6 Å². The van der Waals surface area contributed by atoms with Gasteiger partial charge in [-0.05, 0) is 6.42 Å². The van der Waals surface area contributed by atoms with Gasteiger partial charge in [0.05, 0.1) is 12.7 Å². The largest absolute Gasteiger partial charge is 0.481 e. The Balaban J connectivity index is 2.53. The Morgan fingerprint density at radius 2 is 2.00 bits per heavy atom. The van der Waals surface area contributed by atoms with Crippen molar-refractivity contribution in [1.29, 1.82) is 0 Å². The van der Waals surface area contributed by atoms with E-state index in [0.717, 1.165) is 0 Å². The molecule has 6 nitrogen and oxygen atoms in total. The second-order valence-electron chi connectivity index (χ2n) is 4.09. The summed E-state index contributed by atoms with van der Waals surface area (Å²) in [6.45, 7) is -0.226. The lowest BCUT2D eigenvalue weighted by Crippen LogP contribution is -2.42. The molecule has 9 heteroatoms. The zero-order valence-corrected chi connectivity index (χ0v) is 10.5. The van der Waals surface area contributed by atoms with Crippen molar-refractivity contribution in [2.24, 2.45) is 0 Å². The van der Waals surface area contributed by atoms with Crippen LogP contribution in [0.5, 0.6) is 0 Å². The highest BCUT2D eigenvalue weighted by atomic mass is 19.4. The lowest BCUT2D eigenvalue weighted by molar-refractivity contribution is -0.185. The second kappa shape index (κ2) is 6.92. The third-order valence-electron chi connectivity index (χ3n) is 2.53. The molecule has 0 fully saturated rings. The van der Waals surface area contributed by atoms with Gasteiger partial charge in [-0.3, -0.25) is 9.59 Å². The van der Waals surface area contributed by atoms with Crippen LogP contribution in [0, 0.1) is 0 Å². The smallest absolute Gasteiger partial charge is 0.471 e. The van der Waals surface area contributed by atoms with Gasteiger partial charge in [-0.25, -0.2) is 4.98 Å². The highest BCUT2D eigenvalue weighted by Gasteiger charge is 2.42. The molecule has 1 aromatic rings. The van der Waals surface area contributed by atoms with E-state index in [4.69, 9.17) is 5.11 Å². The van der Waals surface area contributed by atoms with Crippen molar-refractivity contribution in [3.8, 4) is 0 Å². The molecule has 0 saturated heterocycles. The first-order chi connectivity index (χ1) is 9.30. The summed E-state index contributed by atoms with van der Waals surface area (Å²) < 4.78 is 38.8. The fourth-order valence-electron chi connectivity index (χ4n) is 1.59. The average molecular weight is 293 g/mol. The van der Waals surface area contributed by atoms with E-state index in [1.807, 2.05) is 0 Å². The molecule has 1 rings (SSSR count). The molecular formula is C11H14F3N3O3. The zero-order valence-electron chi connectivity index (χ0n) is 10.5. The highest BCUT2D eigenvalue weighted by Crippen LogP contribution is 2.19. The Kier molecular flexibility index (Phi) is 5.53. The van der Waals surface area contributed by atoms with E-state index in [1.54, 1.807) is 10.8 Å². The number of nitrogens with zero attached hydrogens (tertiary/aromatic N) is 3. The molecule has 0 aliphatic carbocycles. The van der Waals surface area contributed by atoms with Crippen LogP contribution in [0.1, 0.15) is 12.8 Å². The molecule has 0 radical (unpaired) electrons. The molecule has 0 aliphatic heterocycles. The average Bonchev–Trinajstić information content (AvgIpc) is 2.84. The van der Waals surface area contributed by atoms with Crippen LogP contribution in [0.25, 0.3) is 0 Å². The second-order valence-corrected chi connectivity index (χ2v) is 4.09. The minimum absolute atomic E-state index is 0.163. The van der Waals surface area contributed by atoms with Crippen molar-refractivity contribution >= 4 is 11.9 Å². The van der Waals surface area contributed by atoms with Gasteiger partial charge in [-0.1, -0.05) is 0 Å². The molecule has 0 spiro atoms. The Labute approximate surface area is 112 Å². The predicted octanol–water partition coefficient (Wildman–Crippen LogP) is 1.14. The van der Waals surface area contributed by atoms with Gasteiger partial charge in [-0.2, -0.15) is 13.2 Å². The molecule has 112 valence electrons. The molecule has 20 heavy (non-hydrogen) atoms. The van der Waals surface area contributed by atoms with E-state index in [-0.39, 0.29) is 13.0 Å². The van der Waals surface area contributed by atoms with Gasteiger partial charge in [0.25, 0.3) is 0 Å². The molecule has 0 aliphatic rings. The van der Waals surface area contributed by atoms with Crippen molar-refractivity contribution in [2.45, 2.75) is 25.6 Å². The summed E-state index contributed by atoms with van der Waals surface area (Å²) in [5, 5.41) is 8.49. The van der Waals surface area contributed by atoms with Crippen LogP contribution in [0.15, 0.2) is 18.7 Å². The quantitative estimate of drug-likeness (QED) is 0.818. The molecule has 1 heterocycles. The molecule has 0 unspecified atom stereocenters. The molecule has 1 amide bonds. The third-order valence-corrected chi connectivity index (χ3v) is 2.53. The summed E-state index contributed by atoms with van der Waals surface area (Å²) in [5.41, 5.74) is 0. The molecule has 0 saturated carbocycles. The van der Waals surface area contributed by atoms with Crippen molar-refractivity contribution in [3.63, 3.8) is 0 Å². The predicted molar refractivity (Wildman–Crippen MR) is 61.7 cm³/mol. The first kappa shape index (κ1) is 16.0. The fourth-order valence-corrected chi connectivity index (χ4v) is 1.59. The summed E-state index contributed by atoms with van der Waals surface area (Å²) in [4.78, 5) is 25.9. The van der Waals surface area contributed by atoms with Gasteiger partial charge in [0.1, 0.15) is 0 Å². The fraction of sp³-hybridized carbons (Fsp3) is 0.545. The topological polar surface area (TPSA) is 75.4 Å². The van der Waals surface area contributed by atoms with Crippen molar-refractivity contribution < 1.29 is 27.9 Å². The Morgan fingerprint density at radius 1 is 1.30 bits per heavy atom. The molecular weight excluding hydrogens is 279 g/mol. The number of carbonyl (C=O) groups excluding carboxylic acids is 1. The van der Waals surface area contributed by atoms with E-state index >= 15 is 0 Å². The number of amides is 1. The standard InChI is InChI=1S/C11H14F3N3O3/c12-11(13,14)10(20)17(6-2-9(18)19)5-1-4-16-7-3-15-8-16/h3,7-8H,1-2,4-6H2,(H,18,19). The van der Waals surface area contributed by atoms with Gasteiger partial charge in [-0.15, -0.1) is 0 Å². The zero-order chi connectivity index (χ0) is 15.2. The first-order valence-electron chi connectivity index (χ1n) is 5.84. The van der Waals surface area contributed by atoms with E-state index < -0.39 is 31.0 Å². The maximum Gasteiger partial charge on any atom is 0.471 e. The number of carbonyl (C=O) groups is 2. The van der Waals surface area contributed by atoms with E-state index in [9.17, 15) is 22.8 Å². The van der Waals surface area contributed by atoms with Crippen LogP contribution < -0.4 is 0 Å². The number of aryl methyl sites for hydroxylation is 1. The van der Waals surface area contributed by atoms with Crippen molar-refractivity contribution in [2.75, 3.05) is 13.1 Å². The number of hydrogen-bond acceptors (Lipinski definition) is 3. The Hall–Kier alpha value is -2.06. The Morgan fingerprint density at radius 3 is 2.50 bits per heavy atom. The number of aliphatic carboxylic acids is 1. The van der Waals surface area contributed by atoms with Gasteiger partial charge in [0.2, 0.25) is 0 Å². The summed E-state index contributed by atoms with van der Waals surface area (Å²) in [6.07, 6.45) is -0.554. The van der Waals surface area contributed by atoms with Gasteiger partial charge >= 0.3 is 18.1 Å². The van der Waals surface area contributed by atoms with Crippen LogP contribution in [0.3, 0.4) is 0 Å². The van der Waals surface area contributed by atoms with Gasteiger partial charge in [0, 0.05) is 32.0 Å². The van der Waals surface area contributed by atoms with Crippen LogP contribution >= 0.6 is 0 Å². The summed E-state index contributed by atoms with van der Waals surface area (Å²) in [6, 6.07) is 0. The first-order valence-corrected chi connectivity index (χ1v) is 5.84. The third kappa shape index (κ3) is 5.29. The number of carboxylic acids is 1. The normalized spacial score (nSPS) is 11.3. The van der Waals surface area contributed by atoms with Crippen LogP contribution in [-0.4, -0.2) is 50.7 Å².